The smallest absolute Gasteiger partial charge is 0.287 e. The van der Waals surface area contributed by atoms with Crippen LogP contribution in [0.4, 0.5) is 22.9 Å². The highest BCUT2D eigenvalue weighted by Crippen LogP contribution is 2.31. The van der Waals surface area contributed by atoms with Crippen LogP contribution in [0.25, 0.3) is 0 Å². The van der Waals surface area contributed by atoms with Gasteiger partial charge in [0.25, 0.3) is 12.0 Å². The molecule has 2 heterocycles. The Balaban J connectivity index is 1.94. The lowest BCUT2D eigenvalue weighted by Gasteiger charge is -2.20. The largest absolute Gasteiger partial charge is 0.312 e. The van der Waals surface area contributed by atoms with Crippen molar-refractivity contribution >= 4 is 22.9 Å². The highest BCUT2D eigenvalue weighted by Gasteiger charge is 2.24. The topological polar surface area (TPSA) is 97.1 Å². The summed E-state index contributed by atoms with van der Waals surface area (Å²) in [4.78, 5) is 16.5. The molecule has 2 aromatic rings. The lowest BCUT2D eigenvalue weighted by Crippen LogP contribution is -2.94. The van der Waals surface area contributed by atoms with Gasteiger partial charge < -0.3 is 10.1 Å². The lowest BCUT2D eigenvalue weighted by molar-refractivity contribution is -0.718. The molecular weight excluding hydrogens is 298 g/mol. The molecule has 0 amide bonds. The summed E-state index contributed by atoms with van der Waals surface area (Å²) in [7, 11) is 0. The Kier molecular flexibility index (Phi) is 4.35. The lowest BCUT2D eigenvalue weighted by atomic mass is 10.2. The van der Waals surface area contributed by atoms with Crippen molar-refractivity contribution in [3.63, 3.8) is 0 Å². The second kappa shape index (κ2) is 6.59. The summed E-state index contributed by atoms with van der Waals surface area (Å²) in [6.45, 7) is 3.13. The molecule has 0 radical (unpaired) electrons. The maximum Gasteiger partial charge on any atom is 0.287 e. The number of hydrogen-bond donors (Lipinski definition) is 2. The van der Waals surface area contributed by atoms with Gasteiger partial charge in [-0.15, -0.1) is 0 Å². The molecule has 0 spiro atoms. The summed E-state index contributed by atoms with van der Waals surface area (Å²) < 4.78 is 5.65. The number of para-hydroxylation sites is 2. The number of hydrogen-bond acceptors (Lipinski definition) is 6. The molecule has 0 fully saturated rings. The molecule has 1 aliphatic rings. The van der Waals surface area contributed by atoms with Crippen LogP contribution in [0.5, 0.6) is 0 Å². The number of aromatic nitrogens is 1. The van der Waals surface area contributed by atoms with Crippen LogP contribution in [0, 0.1) is 10.1 Å². The average molecular weight is 316 g/mol. The normalized spacial score (nSPS) is 17.1. The molecule has 0 aliphatic carbocycles. The Morgan fingerprint density at radius 2 is 2.26 bits per heavy atom. The van der Waals surface area contributed by atoms with Crippen molar-refractivity contribution in [2.45, 2.75) is 13.3 Å². The van der Waals surface area contributed by atoms with E-state index in [-0.39, 0.29) is 12.0 Å². The molecule has 120 valence electrons. The monoisotopic (exact) mass is 316 g/mol. The minimum absolute atomic E-state index is 0.0221. The van der Waals surface area contributed by atoms with Gasteiger partial charge in [0.2, 0.25) is 0 Å². The van der Waals surface area contributed by atoms with Gasteiger partial charge in [-0.1, -0.05) is 12.1 Å². The van der Waals surface area contributed by atoms with Crippen molar-refractivity contribution < 1.29 is 15.0 Å². The van der Waals surface area contributed by atoms with Crippen molar-refractivity contribution in [3.05, 3.63) is 52.7 Å². The van der Waals surface area contributed by atoms with Crippen LogP contribution in [0.2, 0.25) is 0 Å². The number of quaternary nitrogens is 1. The van der Waals surface area contributed by atoms with E-state index in [0.717, 1.165) is 11.4 Å². The van der Waals surface area contributed by atoms with Crippen LogP contribution in [0.15, 0.2) is 42.6 Å². The van der Waals surface area contributed by atoms with Gasteiger partial charge in [0.15, 0.2) is 6.67 Å². The van der Waals surface area contributed by atoms with E-state index in [9.17, 15) is 10.1 Å². The highest BCUT2D eigenvalue weighted by atomic mass is 16.6. The van der Waals surface area contributed by atoms with E-state index in [4.69, 9.17) is 4.74 Å². The number of nitrogens with one attached hydrogen (secondary N) is 1. The fourth-order valence-electron chi connectivity index (χ4n) is 2.49. The molecule has 0 saturated heterocycles. The van der Waals surface area contributed by atoms with Crippen LogP contribution in [-0.4, -0.2) is 29.5 Å². The first kappa shape index (κ1) is 15.2. The molecule has 1 aromatic carbocycles. The molecule has 1 aromatic heterocycles. The quantitative estimate of drug-likeness (QED) is 0.653. The van der Waals surface area contributed by atoms with E-state index in [0.29, 0.717) is 19.1 Å². The maximum absolute atomic E-state index is 10.8. The van der Waals surface area contributed by atoms with Gasteiger partial charge in [-0.2, -0.15) is 0 Å². The van der Waals surface area contributed by atoms with E-state index in [2.05, 4.69) is 10.3 Å². The number of nitro groups is 1. The van der Waals surface area contributed by atoms with Crippen LogP contribution in [0.1, 0.15) is 6.92 Å². The number of anilines is 3. The van der Waals surface area contributed by atoms with E-state index >= 15 is 0 Å². The van der Waals surface area contributed by atoms with E-state index in [1.54, 1.807) is 6.07 Å². The molecular formula is C15H18N5O3+. The number of nitrogens with two attached hydrogens (primary N) is 1. The second-order valence-corrected chi connectivity index (χ2v) is 5.02. The van der Waals surface area contributed by atoms with Crippen molar-refractivity contribution in [3.8, 4) is 0 Å². The summed E-state index contributed by atoms with van der Waals surface area (Å²) in [5, 5.41) is 16.1. The van der Waals surface area contributed by atoms with Crippen molar-refractivity contribution in [1.29, 1.82) is 0 Å². The maximum atomic E-state index is 10.8. The fourth-order valence-corrected chi connectivity index (χ4v) is 2.49. The minimum atomic E-state index is -0.452. The number of ether oxygens (including phenoxy) is 1. The summed E-state index contributed by atoms with van der Waals surface area (Å²) in [5.74, 6) is 0.651. The fraction of sp³-hybridized carbons (Fsp3) is 0.267. The molecule has 3 rings (SSSR count). The van der Waals surface area contributed by atoms with Crippen molar-refractivity contribution in [1.82, 2.24) is 4.98 Å². The summed E-state index contributed by atoms with van der Waals surface area (Å²) in [6, 6.07) is 11.0. The van der Waals surface area contributed by atoms with E-state index in [1.807, 2.05) is 41.4 Å². The van der Waals surface area contributed by atoms with Crippen LogP contribution < -0.4 is 15.5 Å². The van der Waals surface area contributed by atoms with Gasteiger partial charge in [-0.05, 0) is 25.1 Å². The Hall–Kier alpha value is -2.71. The molecule has 8 nitrogen and oxygen atoms in total. The predicted octanol–water partition coefficient (Wildman–Crippen LogP) is 1.39. The molecule has 8 heteroatoms. The summed E-state index contributed by atoms with van der Waals surface area (Å²) in [6.07, 6.45) is 1.08. The third-order valence-electron chi connectivity index (χ3n) is 3.56. The van der Waals surface area contributed by atoms with Gasteiger partial charge >= 0.3 is 0 Å². The Labute approximate surface area is 133 Å². The number of fused-ring (bicyclic) bond motifs is 1. The molecule has 0 saturated carbocycles. The zero-order valence-electron chi connectivity index (χ0n) is 12.7. The molecule has 0 unspecified atom stereocenters. The van der Waals surface area contributed by atoms with Crippen LogP contribution in [-0.2, 0) is 4.74 Å². The zero-order chi connectivity index (χ0) is 16.2. The van der Waals surface area contributed by atoms with Crippen molar-refractivity contribution in [2.24, 2.45) is 0 Å². The number of rotatable bonds is 4. The van der Waals surface area contributed by atoms with Gasteiger partial charge in [-0.25, -0.2) is 4.98 Å². The number of benzene rings is 1. The SMILES string of the molecule is CCO[C@H]1Nc2ccccc2N(c2ccc([N+](=O)[O-])cn2)C[NH2+]1. The van der Waals surface area contributed by atoms with Gasteiger partial charge in [-0.3, -0.25) is 20.3 Å². The summed E-state index contributed by atoms with van der Waals surface area (Å²) >= 11 is 0. The van der Waals surface area contributed by atoms with Gasteiger partial charge in [0.1, 0.15) is 12.0 Å². The molecule has 1 aliphatic heterocycles. The van der Waals surface area contributed by atoms with Crippen LogP contribution >= 0.6 is 0 Å². The second-order valence-electron chi connectivity index (χ2n) is 5.02. The predicted molar refractivity (Wildman–Crippen MR) is 85.3 cm³/mol. The molecule has 1 atom stereocenters. The molecule has 3 N–H and O–H groups in total. The standard InChI is InChI=1S/C15H17N5O3/c1-2-23-15-17-10-19(13-6-4-3-5-12(13)18-15)14-8-7-11(9-16-14)20(21)22/h3-9,15,17-18H,2,10H2,1H3/p+1/t15-/m1/s1. The Bertz CT molecular complexity index is 692. The third kappa shape index (κ3) is 3.22. The molecule has 0 bridgehead atoms. The molecule has 23 heavy (non-hydrogen) atoms. The van der Waals surface area contributed by atoms with Crippen molar-refractivity contribution in [2.75, 3.05) is 23.5 Å². The Morgan fingerprint density at radius 3 is 2.96 bits per heavy atom. The van der Waals surface area contributed by atoms with Gasteiger partial charge in [0.05, 0.1) is 22.9 Å². The van der Waals surface area contributed by atoms with Gasteiger partial charge in [0, 0.05) is 6.07 Å². The summed E-state index contributed by atoms with van der Waals surface area (Å²) in [5.41, 5.74) is 1.86. The first-order chi connectivity index (χ1) is 11.2. The zero-order valence-corrected chi connectivity index (χ0v) is 12.7. The van der Waals surface area contributed by atoms with E-state index in [1.165, 1.54) is 12.3 Å². The number of nitrogens with zero attached hydrogens (tertiary/aromatic N) is 3. The highest BCUT2D eigenvalue weighted by molar-refractivity contribution is 5.75. The third-order valence-corrected chi connectivity index (χ3v) is 3.56. The first-order valence-electron chi connectivity index (χ1n) is 7.37. The average Bonchev–Trinajstić information content (AvgIpc) is 2.74. The number of pyridine rings is 1. The Morgan fingerprint density at radius 1 is 1.43 bits per heavy atom. The minimum Gasteiger partial charge on any atom is -0.312 e. The van der Waals surface area contributed by atoms with Crippen LogP contribution in [0.3, 0.4) is 0 Å². The van der Waals surface area contributed by atoms with E-state index < -0.39 is 4.92 Å². The first-order valence-corrected chi connectivity index (χ1v) is 7.37.